The molecule has 0 unspecified atom stereocenters. The van der Waals surface area contributed by atoms with Gasteiger partial charge in [-0.3, -0.25) is 4.79 Å². The smallest absolute Gasteiger partial charge is 0.293 e. The number of nitrogens with two attached hydrogens (primary N) is 1. The molecule has 4 aromatic rings. The summed E-state index contributed by atoms with van der Waals surface area (Å²) in [5.74, 6) is -0.438. The Morgan fingerprint density at radius 3 is 2.76 bits per heavy atom. The maximum atomic E-state index is 13.2. The van der Waals surface area contributed by atoms with Crippen LogP contribution >= 0.6 is 34.8 Å². The molecular weight excluding hydrogens is 541 g/mol. The number of fused-ring (bicyclic) bond motifs is 1. The first kappa shape index (κ1) is 25.0. The predicted molar refractivity (Wildman–Crippen MR) is 141 cm³/mol. The molecule has 1 aliphatic rings. The second kappa shape index (κ2) is 10.4. The van der Waals surface area contributed by atoms with Crippen molar-refractivity contribution in [3.05, 3.63) is 74.0 Å². The summed E-state index contributed by atoms with van der Waals surface area (Å²) in [6.45, 7) is 2.76. The quantitative estimate of drug-likeness (QED) is 0.202. The van der Waals surface area contributed by atoms with E-state index in [1.54, 1.807) is 19.1 Å². The summed E-state index contributed by atoms with van der Waals surface area (Å²) in [5, 5.41) is 20.6. The van der Waals surface area contributed by atoms with E-state index in [0.717, 1.165) is 25.1 Å². The fourth-order valence-corrected chi connectivity index (χ4v) is 4.81. The van der Waals surface area contributed by atoms with E-state index in [2.05, 4.69) is 42.1 Å². The second-order valence-electron chi connectivity index (χ2n) is 8.28. The number of aryl methyl sites for hydroxylation is 1. The average molecular weight is 561 g/mol. The van der Waals surface area contributed by atoms with Crippen LogP contribution in [0.5, 0.6) is 0 Å². The zero-order chi connectivity index (χ0) is 26.1. The van der Waals surface area contributed by atoms with Gasteiger partial charge in [0.25, 0.3) is 5.91 Å². The fraction of sp³-hybridized carbons (Fsp3) is 0.217. The van der Waals surface area contributed by atoms with E-state index < -0.39 is 5.91 Å². The van der Waals surface area contributed by atoms with E-state index in [4.69, 9.17) is 45.2 Å². The minimum absolute atomic E-state index is 0.0141. The average Bonchev–Trinajstić information content (AvgIpc) is 3.51. The zero-order valence-corrected chi connectivity index (χ0v) is 21.7. The van der Waals surface area contributed by atoms with Crippen molar-refractivity contribution in [2.75, 3.05) is 17.2 Å². The van der Waals surface area contributed by atoms with Crippen LogP contribution in [0, 0.1) is 0 Å². The minimum Gasteiger partial charge on any atom is -0.378 e. The van der Waals surface area contributed by atoms with Crippen LogP contribution in [-0.4, -0.2) is 43.5 Å². The van der Waals surface area contributed by atoms with Gasteiger partial charge in [-0.2, -0.15) is 9.78 Å². The number of carbonyl (C=O) groups is 1. The molecule has 190 valence electrons. The van der Waals surface area contributed by atoms with Gasteiger partial charge in [0.15, 0.2) is 5.69 Å². The van der Waals surface area contributed by atoms with Crippen LogP contribution in [0.1, 0.15) is 40.7 Å². The topological polar surface area (TPSA) is 140 Å². The largest absolute Gasteiger partial charge is 0.378 e. The standard InChI is InChI=1S/C23H20Cl3N9O2/c1-12(14-8-9-15(24)19(26)18(14)25)28-30-23(36)20-17(35(33-29-20)22-21(27)31-37-32-22)11-34-10-4-6-13-5-2-3-7-16(13)34/h2-3,5,7-9H,4,6,10-11H2,1H3,(H2,27,31)(H,30,36)/b28-12+. The lowest BCUT2D eigenvalue weighted by Crippen LogP contribution is -2.31. The van der Waals surface area contributed by atoms with Crippen molar-refractivity contribution in [2.24, 2.45) is 5.10 Å². The molecule has 5 rings (SSSR count). The number of carbonyl (C=O) groups excluding carboxylic acids is 1. The van der Waals surface area contributed by atoms with Gasteiger partial charge in [0, 0.05) is 17.8 Å². The Hall–Kier alpha value is -3.67. The van der Waals surface area contributed by atoms with Crippen LogP contribution in [0.15, 0.2) is 46.1 Å². The molecule has 0 atom stereocenters. The molecule has 0 saturated heterocycles. The highest BCUT2D eigenvalue weighted by atomic mass is 35.5. The molecule has 0 spiro atoms. The molecule has 3 N–H and O–H groups in total. The van der Waals surface area contributed by atoms with Gasteiger partial charge >= 0.3 is 0 Å². The van der Waals surface area contributed by atoms with E-state index in [-0.39, 0.29) is 27.4 Å². The lowest BCUT2D eigenvalue weighted by atomic mass is 10.0. The number of nitrogens with one attached hydrogen (secondary N) is 1. The molecule has 14 heteroatoms. The Labute approximate surface area is 226 Å². The van der Waals surface area contributed by atoms with Gasteiger partial charge in [-0.15, -0.1) is 5.10 Å². The molecule has 0 bridgehead atoms. The van der Waals surface area contributed by atoms with Crippen LogP contribution < -0.4 is 16.1 Å². The van der Waals surface area contributed by atoms with Crippen LogP contribution in [0.4, 0.5) is 11.5 Å². The number of nitrogen functional groups attached to an aromatic ring is 1. The Morgan fingerprint density at radius 2 is 1.97 bits per heavy atom. The van der Waals surface area contributed by atoms with Crippen molar-refractivity contribution >= 4 is 57.9 Å². The highest BCUT2D eigenvalue weighted by molar-refractivity contribution is 6.49. The molecule has 1 amide bonds. The molecular formula is C23H20Cl3N9O2. The molecule has 0 saturated carbocycles. The number of hydrogen-bond donors (Lipinski definition) is 2. The van der Waals surface area contributed by atoms with Gasteiger partial charge in [-0.05, 0) is 47.8 Å². The van der Waals surface area contributed by atoms with Gasteiger partial charge in [0.1, 0.15) is 0 Å². The van der Waals surface area contributed by atoms with Gasteiger partial charge in [-0.1, -0.05) is 64.3 Å². The predicted octanol–water partition coefficient (Wildman–Crippen LogP) is 4.30. The Kier molecular flexibility index (Phi) is 7.00. The van der Waals surface area contributed by atoms with Crippen molar-refractivity contribution in [3.8, 4) is 5.82 Å². The van der Waals surface area contributed by atoms with Crippen molar-refractivity contribution in [1.82, 2.24) is 30.7 Å². The SMILES string of the molecule is C/C(=N\NC(=O)c1nnn(-c2nonc2N)c1CN1CCCc2ccccc21)c1ccc(Cl)c(Cl)c1Cl. The van der Waals surface area contributed by atoms with Crippen molar-refractivity contribution in [1.29, 1.82) is 0 Å². The normalized spacial score (nSPS) is 13.5. The molecule has 3 heterocycles. The Bertz CT molecular complexity index is 1520. The third-order valence-corrected chi connectivity index (χ3v) is 7.27. The number of aromatic nitrogens is 5. The summed E-state index contributed by atoms with van der Waals surface area (Å²) >= 11 is 18.4. The first-order valence-corrected chi connectivity index (χ1v) is 12.3. The van der Waals surface area contributed by atoms with Crippen LogP contribution in [0.3, 0.4) is 0 Å². The fourth-order valence-electron chi connectivity index (χ4n) is 4.14. The summed E-state index contributed by atoms with van der Waals surface area (Å²) in [4.78, 5) is 15.4. The molecule has 11 nitrogen and oxygen atoms in total. The first-order valence-electron chi connectivity index (χ1n) is 11.2. The lowest BCUT2D eigenvalue weighted by molar-refractivity contribution is 0.0948. The van der Waals surface area contributed by atoms with Crippen molar-refractivity contribution in [3.63, 3.8) is 0 Å². The molecule has 0 radical (unpaired) electrons. The van der Waals surface area contributed by atoms with Crippen LogP contribution in [-0.2, 0) is 13.0 Å². The number of halogens is 3. The van der Waals surface area contributed by atoms with Crippen molar-refractivity contribution in [2.45, 2.75) is 26.3 Å². The summed E-state index contributed by atoms with van der Waals surface area (Å²) in [5.41, 5.74) is 12.1. The first-order chi connectivity index (χ1) is 17.8. The summed E-state index contributed by atoms with van der Waals surface area (Å²) < 4.78 is 6.10. The van der Waals surface area contributed by atoms with Gasteiger partial charge in [0.05, 0.1) is 33.0 Å². The van der Waals surface area contributed by atoms with E-state index in [1.165, 1.54) is 10.2 Å². The molecule has 0 aliphatic carbocycles. The summed E-state index contributed by atoms with van der Waals surface area (Å²) in [6, 6.07) is 11.4. The van der Waals surface area contributed by atoms with Crippen LogP contribution in [0.2, 0.25) is 15.1 Å². The highest BCUT2D eigenvalue weighted by Crippen LogP contribution is 2.33. The number of benzene rings is 2. The van der Waals surface area contributed by atoms with Gasteiger partial charge in [-0.25, -0.2) is 10.1 Å². The molecule has 2 aromatic carbocycles. The van der Waals surface area contributed by atoms with E-state index >= 15 is 0 Å². The number of amides is 1. The Morgan fingerprint density at radius 1 is 1.16 bits per heavy atom. The lowest BCUT2D eigenvalue weighted by Gasteiger charge is -2.31. The number of anilines is 2. The summed E-state index contributed by atoms with van der Waals surface area (Å²) in [6.07, 6.45) is 1.94. The molecule has 37 heavy (non-hydrogen) atoms. The zero-order valence-electron chi connectivity index (χ0n) is 19.5. The minimum atomic E-state index is -0.586. The number of rotatable bonds is 6. The number of hydrazone groups is 1. The molecule has 0 fully saturated rings. The number of nitrogens with zero attached hydrogens (tertiary/aromatic N) is 7. The van der Waals surface area contributed by atoms with Gasteiger partial charge < -0.3 is 10.6 Å². The maximum Gasteiger partial charge on any atom is 0.293 e. The monoisotopic (exact) mass is 559 g/mol. The van der Waals surface area contributed by atoms with Crippen molar-refractivity contribution < 1.29 is 9.42 Å². The van der Waals surface area contributed by atoms with E-state index in [1.807, 2.05) is 18.2 Å². The van der Waals surface area contributed by atoms with Gasteiger partial charge in [0.2, 0.25) is 11.6 Å². The Balaban J connectivity index is 1.48. The number of para-hydroxylation sites is 1. The third-order valence-electron chi connectivity index (χ3n) is 5.97. The molecule has 1 aliphatic heterocycles. The third kappa shape index (κ3) is 4.85. The summed E-state index contributed by atoms with van der Waals surface area (Å²) in [7, 11) is 0. The maximum absolute atomic E-state index is 13.2. The highest BCUT2D eigenvalue weighted by Gasteiger charge is 2.27. The van der Waals surface area contributed by atoms with E-state index in [9.17, 15) is 4.79 Å². The van der Waals surface area contributed by atoms with Crippen LogP contribution in [0.25, 0.3) is 5.82 Å². The van der Waals surface area contributed by atoms with E-state index in [0.29, 0.717) is 28.5 Å². The second-order valence-corrected chi connectivity index (χ2v) is 9.45. The molecule has 2 aromatic heterocycles. The number of hydrogen-bond acceptors (Lipinski definition) is 9.